The van der Waals surface area contributed by atoms with E-state index < -0.39 is 0 Å². The van der Waals surface area contributed by atoms with Gasteiger partial charge in [-0.2, -0.15) is 0 Å². The van der Waals surface area contributed by atoms with Crippen LogP contribution in [0.25, 0.3) is 0 Å². The van der Waals surface area contributed by atoms with Crippen LogP contribution in [0.3, 0.4) is 0 Å². The number of amides is 1. The van der Waals surface area contributed by atoms with Crippen LogP contribution in [0.2, 0.25) is 0 Å². The van der Waals surface area contributed by atoms with Crippen molar-refractivity contribution in [2.24, 2.45) is 5.73 Å². The highest BCUT2D eigenvalue weighted by Crippen LogP contribution is 2.18. The van der Waals surface area contributed by atoms with Gasteiger partial charge in [-0.1, -0.05) is 81.6 Å². The maximum atomic E-state index is 11.8. The van der Waals surface area contributed by atoms with Crippen molar-refractivity contribution in [2.75, 3.05) is 25.5 Å². The molecule has 0 saturated carbocycles. The second-order valence-electron chi connectivity index (χ2n) is 8.59. The van der Waals surface area contributed by atoms with E-state index >= 15 is 0 Å². The van der Waals surface area contributed by atoms with Gasteiger partial charge < -0.3 is 21.7 Å². The molecule has 0 fully saturated rings. The number of hydrogen-bond acceptors (Lipinski definition) is 4. The Hall–Kier alpha value is -3.31. The summed E-state index contributed by atoms with van der Waals surface area (Å²) < 4.78 is 0. The molecule has 198 valence electrons. The predicted octanol–water partition coefficient (Wildman–Crippen LogP) is 5.92. The Morgan fingerprint density at radius 1 is 1.00 bits per heavy atom. The Balaban J connectivity index is 0.000000784. The lowest BCUT2D eigenvalue weighted by molar-refractivity contribution is -0.117. The van der Waals surface area contributed by atoms with E-state index in [-0.39, 0.29) is 11.9 Å². The molecule has 1 amide bonds. The second kappa shape index (κ2) is 18.9. The summed E-state index contributed by atoms with van der Waals surface area (Å²) in [6.07, 6.45) is 2.91. The summed E-state index contributed by atoms with van der Waals surface area (Å²) in [6.45, 7) is 22.5. The molecule has 36 heavy (non-hydrogen) atoms. The number of nitrogens with one attached hydrogen (secondary N) is 3. The van der Waals surface area contributed by atoms with E-state index in [0.717, 1.165) is 36.2 Å². The third-order valence-electron chi connectivity index (χ3n) is 5.36. The van der Waals surface area contributed by atoms with Crippen LogP contribution in [0, 0.1) is 6.92 Å². The molecule has 2 aromatic carbocycles. The molecule has 0 heterocycles. The number of carbonyl (C=O) groups excluding carboxylic acids is 1. The zero-order valence-corrected chi connectivity index (χ0v) is 23.3. The Bertz CT molecular complexity index is 950. The van der Waals surface area contributed by atoms with Gasteiger partial charge in [0.1, 0.15) is 0 Å². The molecular formula is C31H48N4O. The van der Waals surface area contributed by atoms with Crippen molar-refractivity contribution in [1.82, 2.24) is 10.6 Å². The maximum absolute atomic E-state index is 11.8. The van der Waals surface area contributed by atoms with Crippen LogP contribution >= 0.6 is 0 Å². The lowest BCUT2D eigenvalue weighted by Gasteiger charge is -2.21. The molecule has 0 aliphatic heterocycles. The predicted molar refractivity (Wildman–Crippen MR) is 158 cm³/mol. The Kier molecular flexibility index (Phi) is 17.2. The third-order valence-corrected chi connectivity index (χ3v) is 5.36. The molecule has 2 aromatic rings. The first-order chi connectivity index (χ1) is 17.2. The molecule has 0 aromatic heterocycles. The number of anilines is 1. The van der Waals surface area contributed by atoms with Gasteiger partial charge in [-0.05, 0) is 62.9 Å². The molecule has 5 heteroatoms. The van der Waals surface area contributed by atoms with Crippen molar-refractivity contribution in [3.05, 3.63) is 102 Å². The largest absolute Gasteiger partial charge is 0.392 e. The Labute approximate surface area is 220 Å². The van der Waals surface area contributed by atoms with Gasteiger partial charge in [-0.15, -0.1) is 0 Å². The molecule has 0 spiro atoms. The molecule has 0 unspecified atom stereocenters. The fourth-order valence-electron chi connectivity index (χ4n) is 3.16. The van der Waals surface area contributed by atoms with Gasteiger partial charge in [0.05, 0.1) is 6.04 Å². The number of nitrogens with two attached hydrogens (primary N) is 1. The van der Waals surface area contributed by atoms with Crippen LogP contribution in [-0.4, -0.2) is 32.1 Å². The minimum Gasteiger partial charge on any atom is -0.392 e. The second-order valence-corrected chi connectivity index (χ2v) is 8.59. The number of carbonyl (C=O) groups is 1. The van der Waals surface area contributed by atoms with Crippen LogP contribution < -0.4 is 21.7 Å². The first-order valence-electron chi connectivity index (χ1n) is 12.7. The minimum atomic E-state index is -0.145. The average Bonchev–Trinajstić information content (AvgIpc) is 2.87. The zero-order valence-electron chi connectivity index (χ0n) is 23.3. The molecule has 0 saturated heterocycles. The smallest absolute Gasteiger partial charge is 0.246 e. The Morgan fingerprint density at radius 2 is 1.64 bits per heavy atom. The molecule has 0 bridgehead atoms. The quantitative estimate of drug-likeness (QED) is 0.219. The number of aryl methyl sites for hydroxylation is 2. The first kappa shape index (κ1) is 32.7. The minimum absolute atomic E-state index is 0.129. The summed E-state index contributed by atoms with van der Waals surface area (Å²) in [6, 6.07) is 16.5. The number of benzene rings is 2. The first-order valence-corrected chi connectivity index (χ1v) is 12.7. The lowest BCUT2D eigenvalue weighted by Crippen LogP contribution is -2.40. The van der Waals surface area contributed by atoms with E-state index in [0.29, 0.717) is 18.7 Å². The molecule has 2 rings (SSSR count). The number of allylic oxidation sites excluding steroid dienone is 1. The number of likely N-dealkylation sites (N-methyl/N-ethyl adjacent to an activating group) is 1. The van der Waals surface area contributed by atoms with E-state index in [4.69, 9.17) is 5.73 Å². The summed E-state index contributed by atoms with van der Waals surface area (Å²) in [7, 11) is 1.89. The van der Waals surface area contributed by atoms with Crippen molar-refractivity contribution in [3.8, 4) is 0 Å². The number of hydrogen-bond donors (Lipinski definition) is 4. The van der Waals surface area contributed by atoms with Crippen molar-refractivity contribution in [3.63, 3.8) is 0 Å². The molecule has 5 N–H and O–H groups in total. The molecule has 0 aliphatic carbocycles. The molecular weight excluding hydrogens is 444 g/mol. The molecule has 1 atom stereocenters. The van der Waals surface area contributed by atoms with Gasteiger partial charge in [0.15, 0.2) is 0 Å². The summed E-state index contributed by atoms with van der Waals surface area (Å²) >= 11 is 0. The zero-order chi connectivity index (χ0) is 27.5. The third kappa shape index (κ3) is 13.5. The van der Waals surface area contributed by atoms with E-state index in [9.17, 15) is 4.79 Å². The van der Waals surface area contributed by atoms with E-state index in [1.807, 2.05) is 46.0 Å². The highest BCUT2D eigenvalue weighted by Gasteiger charge is 2.13. The van der Waals surface area contributed by atoms with Crippen molar-refractivity contribution in [2.45, 2.75) is 59.9 Å². The Morgan fingerprint density at radius 3 is 2.14 bits per heavy atom. The monoisotopic (exact) mass is 492 g/mol. The van der Waals surface area contributed by atoms with Crippen molar-refractivity contribution in [1.29, 1.82) is 0 Å². The van der Waals surface area contributed by atoms with Gasteiger partial charge in [0, 0.05) is 37.0 Å². The van der Waals surface area contributed by atoms with E-state index in [1.165, 1.54) is 16.7 Å². The van der Waals surface area contributed by atoms with Crippen LogP contribution in [0.1, 0.15) is 50.8 Å². The summed E-state index contributed by atoms with van der Waals surface area (Å²) in [5.74, 6) is -0.145. The molecule has 5 nitrogen and oxygen atoms in total. The maximum Gasteiger partial charge on any atom is 0.246 e. The summed E-state index contributed by atoms with van der Waals surface area (Å²) in [4.78, 5) is 11.8. The SMILES string of the molecule is C=C(C)C(=O)N[C@@H](CNc1ccc(CCCN)cc1C)C(=C)C.C=C(Cc1ccccc1)NC.CC. The van der Waals surface area contributed by atoms with Gasteiger partial charge in [-0.3, -0.25) is 4.79 Å². The van der Waals surface area contributed by atoms with E-state index in [1.54, 1.807) is 6.92 Å². The van der Waals surface area contributed by atoms with Crippen LogP contribution in [0.5, 0.6) is 0 Å². The highest BCUT2D eigenvalue weighted by atomic mass is 16.1. The average molecular weight is 493 g/mol. The summed E-state index contributed by atoms with van der Waals surface area (Å²) in [5.41, 5.74) is 12.9. The van der Waals surface area contributed by atoms with Gasteiger partial charge in [0.25, 0.3) is 0 Å². The molecule has 0 aliphatic rings. The van der Waals surface area contributed by atoms with E-state index in [2.05, 4.69) is 72.9 Å². The normalized spacial score (nSPS) is 10.4. The number of rotatable bonds is 12. The van der Waals surface area contributed by atoms with Gasteiger partial charge >= 0.3 is 0 Å². The fourth-order valence-corrected chi connectivity index (χ4v) is 3.16. The van der Waals surface area contributed by atoms with Crippen molar-refractivity contribution < 1.29 is 4.79 Å². The fraction of sp³-hybridized carbons (Fsp3) is 0.387. The van der Waals surface area contributed by atoms with Crippen LogP contribution in [0.4, 0.5) is 5.69 Å². The highest BCUT2D eigenvalue weighted by molar-refractivity contribution is 5.92. The summed E-state index contributed by atoms with van der Waals surface area (Å²) in [5, 5.41) is 9.34. The van der Waals surface area contributed by atoms with Gasteiger partial charge in [-0.25, -0.2) is 0 Å². The standard InChI is InChI=1S/C19H29N3O.C10H13N.C2H6/c1-13(2)18(22-19(23)14(3)4)12-21-17-9-8-16(7-6-10-20)11-15(17)5;1-9(11-2)8-10-6-4-3-5-7-10;1-2/h8-9,11,18,21H,1,3,6-7,10,12,20H2,2,4-5H3,(H,22,23);3-7,11H,1,8H2,2H3;1-2H3/t18-;;/m0../s1. The molecule has 0 radical (unpaired) electrons. The lowest BCUT2D eigenvalue weighted by atomic mass is 10.0. The van der Waals surface area contributed by atoms with Crippen LogP contribution in [0.15, 0.2) is 85.1 Å². The van der Waals surface area contributed by atoms with Crippen LogP contribution in [-0.2, 0) is 17.6 Å². The van der Waals surface area contributed by atoms with Crippen molar-refractivity contribution >= 4 is 11.6 Å². The van der Waals surface area contributed by atoms with Gasteiger partial charge in [0.2, 0.25) is 5.91 Å². The topological polar surface area (TPSA) is 79.2 Å².